The highest BCUT2D eigenvalue weighted by Crippen LogP contribution is 2.17. The number of nitrogens with one attached hydrogen (secondary N) is 1. The van der Waals surface area contributed by atoms with Gasteiger partial charge in [-0.2, -0.15) is 4.52 Å². The van der Waals surface area contributed by atoms with Crippen molar-refractivity contribution in [2.45, 2.75) is 6.92 Å². The number of anilines is 1. The molecular formula is C14H14BrN5O. The van der Waals surface area contributed by atoms with E-state index in [4.69, 9.17) is 4.74 Å². The van der Waals surface area contributed by atoms with Gasteiger partial charge in [0, 0.05) is 4.47 Å². The van der Waals surface area contributed by atoms with Gasteiger partial charge in [0.05, 0.1) is 6.54 Å². The first kappa shape index (κ1) is 13.8. The molecule has 7 heteroatoms. The number of halogens is 1. The third kappa shape index (κ3) is 3.30. The number of aryl methyl sites for hydroxylation is 1. The van der Waals surface area contributed by atoms with Crippen LogP contribution in [-0.4, -0.2) is 33.0 Å². The van der Waals surface area contributed by atoms with Crippen molar-refractivity contribution < 1.29 is 4.74 Å². The van der Waals surface area contributed by atoms with Gasteiger partial charge in [-0.3, -0.25) is 0 Å². The molecule has 0 aliphatic rings. The van der Waals surface area contributed by atoms with E-state index in [2.05, 4.69) is 36.5 Å². The number of hydrogen-bond acceptors (Lipinski definition) is 5. The van der Waals surface area contributed by atoms with Gasteiger partial charge < -0.3 is 10.1 Å². The molecule has 1 N–H and O–H groups in total. The Morgan fingerprint density at radius 3 is 3.00 bits per heavy atom. The fourth-order valence-corrected chi connectivity index (χ4v) is 2.27. The van der Waals surface area contributed by atoms with E-state index in [9.17, 15) is 0 Å². The van der Waals surface area contributed by atoms with Crippen LogP contribution in [0.25, 0.3) is 5.65 Å². The SMILES string of the molecule is Cc1nnc2ccc(NCCOc3cccc(Br)c3)nn12. The van der Waals surface area contributed by atoms with Crippen LogP contribution in [0.1, 0.15) is 5.82 Å². The van der Waals surface area contributed by atoms with Crippen molar-refractivity contribution in [2.24, 2.45) is 0 Å². The van der Waals surface area contributed by atoms with Gasteiger partial charge >= 0.3 is 0 Å². The Morgan fingerprint density at radius 1 is 1.24 bits per heavy atom. The summed E-state index contributed by atoms with van der Waals surface area (Å²) in [5.41, 5.74) is 0.739. The number of hydrogen-bond donors (Lipinski definition) is 1. The average molecular weight is 348 g/mol. The van der Waals surface area contributed by atoms with Gasteiger partial charge in [-0.25, -0.2) is 0 Å². The third-order valence-electron chi connectivity index (χ3n) is 2.89. The summed E-state index contributed by atoms with van der Waals surface area (Å²) in [5.74, 6) is 2.37. The summed E-state index contributed by atoms with van der Waals surface area (Å²) in [6.07, 6.45) is 0. The lowest BCUT2D eigenvalue weighted by Gasteiger charge is -2.08. The molecule has 2 heterocycles. The van der Waals surface area contributed by atoms with Crippen LogP contribution in [0, 0.1) is 6.92 Å². The van der Waals surface area contributed by atoms with Crippen molar-refractivity contribution in [3.63, 3.8) is 0 Å². The molecule has 0 spiro atoms. The molecule has 0 aliphatic carbocycles. The summed E-state index contributed by atoms with van der Waals surface area (Å²) < 4.78 is 8.36. The maximum absolute atomic E-state index is 5.65. The molecule has 1 aromatic carbocycles. The second-order valence-electron chi connectivity index (χ2n) is 4.47. The van der Waals surface area contributed by atoms with Crippen LogP contribution in [-0.2, 0) is 0 Å². The van der Waals surface area contributed by atoms with E-state index >= 15 is 0 Å². The minimum atomic E-state index is 0.553. The van der Waals surface area contributed by atoms with Crippen LogP contribution in [0.4, 0.5) is 5.82 Å². The zero-order valence-corrected chi connectivity index (χ0v) is 13.0. The molecule has 0 aliphatic heterocycles. The maximum atomic E-state index is 5.65. The van der Waals surface area contributed by atoms with Crippen LogP contribution in [0.15, 0.2) is 40.9 Å². The molecular weight excluding hydrogens is 334 g/mol. The van der Waals surface area contributed by atoms with E-state index in [1.165, 1.54) is 0 Å². The number of rotatable bonds is 5. The average Bonchev–Trinajstić information content (AvgIpc) is 2.85. The lowest BCUT2D eigenvalue weighted by molar-refractivity contribution is 0.332. The Hall–Kier alpha value is -2.15. The Balaban J connectivity index is 1.55. The molecule has 21 heavy (non-hydrogen) atoms. The van der Waals surface area contributed by atoms with E-state index in [1.807, 2.05) is 43.3 Å². The second-order valence-corrected chi connectivity index (χ2v) is 5.38. The first-order valence-electron chi connectivity index (χ1n) is 6.54. The molecule has 2 aromatic heterocycles. The monoisotopic (exact) mass is 347 g/mol. The Labute approximate surface area is 130 Å². The Bertz CT molecular complexity index is 758. The van der Waals surface area contributed by atoms with E-state index in [-0.39, 0.29) is 0 Å². The first-order chi connectivity index (χ1) is 10.2. The smallest absolute Gasteiger partial charge is 0.178 e. The summed E-state index contributed by atoms with van der Waals surface area (Å²) in [6.45, 7) is 3.08. The summed E-state index contributed by atoms with van der Waals surface area (Å²) in [7, 11) is 0. The quantitative estimate of drug-likeness (QED) is 0.719. The standard InChI is InChI=1S/C14H14BrN5O/c1-10-17-18-14-6-5-13(19-20(10)14)16-7-8-21-12-4-2-3-11(15)9-12/h2-6,9H,7-8H2,1H3,(H,16,19). The molecule has 0 unspecified atom stereocenters. The lowest BCUT2D eigenvalue weighted by atomic mass is 10.3. The van der Waals surface area contributed by atoms with Gasteiger partial charge in [-0.05, 0) is 37.3 Å². The van der Waals surface area contributed by atoms with E-state index in [0.717, 1.165) is 27.5 Å². The largest absolute Gasteiger partial charge is 0.492 e. The van der Waals surface area contributed by atoms with Gasteiger partial charge in [0.1, 0.15) is 18.2 Å². The molecule has 0 fully saturated rings. The minimum Gasteiger partial charge on any atom is -0.492 e. The zero-order chi connectivity index (χ0) is 14.7. The molecule has 0 radical (unpaired) electrons. The predicted octanol–water partition coefficient (Wildman–Crippen LogP) is 2.69. The highest BCUT2D eigenvalue weighted by Gasteiger charge is 2.03. The highest BCUT2D eigenvalue weighted by molar-refractivity contribution is 9.10. The van der Waals surface area contributed by atoms with Crippen LogP contribution >= 0.6 is 15.9 Å². The van der Waals surface area contributed by atoms with E-state index < -0.39 is 0 Å². The number of aromatic nitrogens is 4. The molecule has 0 saturated carbocycles. The van der Waals surface area contributed by atoms with Crippen LogP contribution in [0.5, 0.6) is 5.75 Å². The van der Waals surface area contributed by atoms with Crippen LogP contribution in [0.3, 0.4) is 0 Å². The predicted molar refractivity (Wildman–Crippen MR) is 83.6 cm³/mol. The first-order valence-corrected chi connectivity index (χ1v) is 7.33. The summed E-state index contributed by atoms with van der Waals surface area (Å²) in [5, 5.41) is 15.6. The Kier molecular flexibility index (Phi) is 4.01. The van der Waals surface area contributed by atoms with Crippen molar-refractivity contribution in [2.75, 3.05) is 18.5 Å². The summed E-state index contributed by atoms with van der Waals surface area (Å²) >= 11 is 3.41. The Morgan fingerprint density at radius 2 is 2.14 bits per heavy atom. The van der Waals surface area contributed by atoms with Crippen molar-refractivity contribution in [3.05, 3.63) is 46.7 Å². The van der Waals surface area contributed by atoms with Crippen molar-refractivity contribution in [3.8, 4) is 5.75 Å². The molecule has 108 valence electrons. The number of ether oxygens (including phenoxy) is 1. The normalized spacial score (nSPS) is 10.8. The third-order valence-corrected chi connectivity index (χ3v) is 3.38. The fraction of sp³-hybridized carbons (Fsp3) is 0.214. The van der Waals surface area contributed by atoms with E-state index in [1.54, 1.807) is 4.52 Å². The molecule has 6 nitrogen and oxygen atoms in total. The maximum Gasteiger partial charge on any atom is 0.178 e. The minimum absolute atomic E-state index is 0.553. The van der Waals surface area contributed by atoms with Gasteiger partial charge in [0.15, 0.2) is 11.5 Å². The van der Waals surface area contributed by atoms with Gasteiger partial charge in [-0.15, -0.1) is 15.3 Å². The number of nitrogens with zero attached hydrogens (tertiary/aromatic N) is 4. The van der Waals surface area contributed by atoms with Gasteiger partial charge in [0.2, 0.25) is 0 Å². The second kappa shape index (κ2) is 6.09. The van der Waals surface area contributed by atoms with Gasteiger partial charge in [0.25, 0.3) is 0 Å². The van der Waals surface area contributed by atoms with Crippen LogP contribution in [0.2, 0.25) is 0 Å². The van der Waals surface area contributed by atoms with Crippen LogP contribution < -0.4 is 10.1 Å². The number of benzene rings is 1. The highest BCUT2D eigenvalue weighted by atomic mass is 79.9. The van der Waals surface area contributed by atoms with Crippen molar-refractivity contribution in [1.82, 2.24) is 19.8 Å². The molecule has 0 amide bonds. The molecule has 0 atom stereocenters. The fourth-order valence-electron chi connectivity index (χ4n) is 1.90. The molecule has 0 bridgehead atoms. The molecule has 0 saturated heterocycles. The number of fused-ring (bicyclic) bond motifs is 1. The molecule has 3 aromatic rings. The summed E-state index contributed by atoms with van der Waals surface area (Å²) in [4.78, 5) is 0. The summed E-state index contributed by atoms with van der Waals surface area (Å²) in [6, 6.07) is 11.5. The topological polar surface area (TPSA) is 64.3 Å². The van der Waals surface area contributed by atoms with E-state index in [0.29, 0.717) is 13.2 Å². The zero-order valence-electron chi connectivity index (χ0n) is 11.5. The van der Waals surface area contributed by atoms with Crippen molar-refractivity contribution in [1.29, 1.82) is 0 Å². The molecule has 3 rings (SSSR count). The van der Waals surface area contributed by atoms with Gasteiger partial charge in [-0.1, -0.05) is 22.0 Å². The van der Waals surface area contributed by atoms with Crippen molar-refractivity contribution >= 4 is 27.4 Å². The lowest BCUT2D eigenvalue weighted by Crippen LogP contribution is -2.13.